The molecular weight excluding hydrogens is 240 g/mol. The Morgan fingerprint density at radius 2 is 2.00 bits per heavy atom. The van der Waals surface area contributed by atoms with Crippen LogP contribution >= 0.6 is 11.8 Å². The van der Waals surface area contributed by atoms with Crippen LogP contribution in [0.1, 0.15) is 59.8 Å². The van der Waals surface area contributed by atoms with E-state index in [4.69, 9.17) is 4.99 Å². The van der Waals surface area contributed by atoms with Crippen LogP contribution in [0.25, 0.3) is 0 Å². The first-order valence-corrected chi connectivity index (χ1v) is 8.45. The van der Waals surface area contributed by atoms with E-state index in [-0.39, 0.29) is 5.54 Å². The van der Waals surface area contributed by atoms with Gasteiger partial charge >= 0.3 is 0 Å². The fourth-order valence-corrected chi connectivity index (χ4v) is 4.45. The molecule has 0 aromatic carbocycles. The Bertz CT molecular complexity index is 310. The van der Waals surface area contributed by atoms with E-state index in [1.54, 1.807) is 0 Å². The summed E-state index contributed by atoms with van der Waals surface area (Å²) >= 11 is 1.91. The molecule has 3 heteroatoms. The normalized spacial score (nSPS) is 34.6. The number of thioether (sulfide) groups is 1. The van der Waals surface area contributed by atoms with Crippen molar-refractivity contribution >= 4 is 16.9 Å². The van der Waals surface area contributed by atoms with Crippen LogP contribution in [0.4, 0.5) is 0 Å². The lowest BCUT2D eigenvalue weighted by Crippen LogP contribution is -2.47. The third kappa shape index (κ3) is 3.66. The maximum absolute atomic E-state index is 5.06. The Balaban J connectivity index is 2.05. The van der Waals surface area contributed by atoms with Crippen molar-refractivity contribution in [2.75, 3.05) is 5.75 Å². The van der Waals surface area contributed by atoms with Gasteiger partial charge in [0.15, 0.2) is 5.17 Å². The second-order valence-electron chi connectivity index (χ2n) is 6.80. The summed E-state index contributed by atoms with van der Waals surface area (Å²) in [7, 11) is 0. The fourth-order valence-electron chi connectivity index (χ4n) is 3.09. The number of nitrogens with one attached hydrogen (secondary N) is 1. The Hall–Kier alpha value is -0.180. The molecule has 1 heterocycles. The van der Waals surface area contributed by atoms with Crippen molar-refractivity contribution in [2.45, 2.75) is 71.4 Å². The minimum atomic E-state index is 0.228. The Labute approximate surface area is 116 Å². The van der Waals surface area contributed by atoms with Gasteiger partial charge in [-0.2, -0.15) is 0 Å². The number of aliphatic imine (C=N–C) groups is 1. The lowest BCUT2D eigenvalue weighted by atomic mass is 9.78. The SMILES string of the molecule is CC(C)C1CCCCC1N=C1NC(C)(C)CCS1. The molecule has 1 aliphatic carbocycles. The molecule has 0 radical (unpaired) electrons. The van der Waals surface area contributed by atoms with E-state index >= 15 is 0 Å². The van der Waals surface area contributed by atoms with E-state index in [9.17, 15) is 0 Å². The van der Waals surface area contributed by atoms with Crippen LogP contribution < -0.4 is 5.32 Å². The van der Waals surface area contributed by atoms with Gasteiger partial charge in [0, 0.05) is 11.3 Å². The third-order valence-electron chi connectivity index (χ3n) is 4.33. The number of rotatable bonds is 2. The molecule has 0 aromatic heterocycles. The average molecular weight is 268 g/mol. The standard InChI is InChI=1S/C15H28N2S/c1-11(2)12-7-5-6-8-13(12)16-14-17-15(3,4)9-10-18-14/h11-13H,5-10H2,1-4H3,(H,16,17). The zero-order valence-electron chi connectivity index (χ0n) is 12.3. The van der Waals surface area contributed by atoms with Gasteiger partial charge in [-0.1, -0.05) is 38.5 Å². The number of hydrogen-bond acceptors (Lipinski definition) is 2. The van der Waals surface area contributed by atoms with Crippen molar-refractivity contribution in [1.82, 2.24) is 5.32 Å². The Morgan fingerprint density at radius 1 is 1.28 bits per heavy atom. The maximum Gasteiger partial charge on any atom is 0.157 e. The molecular formula is C15H28N2S. The first kappa shape index (κ1) is 14.2. The zero-order chi connectivity index (χ0) is 13.2. The number of nitrogens with zero attached hydrogens (tertiary/aromatic N) is 1. The van der Waals surface area contributed by atoms with Gasteiger partial charge in [-0.05, 0) is 44.9 Å². The molecule has 104 valence electrons. The molecule has 0 spiro atoms. The van der Waals surface area contributed by atoms with Crippen molar-refractivity contribution in [3.63, 3.8) is 0 Å². The van der Waals surface area contributed by atoms with Crippen LogP contribution in [0.2, 0.25) is 0 Å². The number of hydrogen-bond donors (Lipinski definition) is 1. The minimum Gasteiger partial charge on any atom is -0.360 e. The van der Waals surface area contributed by atoms with Gasteiger partial charge in [0.1, 0.15) is 0 Å². The minimum absolute atomic E-state index is 0.228. The van der Waals surface area contributed by atoms with Gasteiger partial charge in [-0.3, -0.25) is 4.99 Å². The lowest BCUT2D eigenvalue weighted by Gasteiger charge is -2.36. The fraction of sp³-hybridized carbons (Fsp3) is 0.933. The largest absolute Gasteiger partial charge is 0.360 e. The van der Waals surface area contributed by atoms with Gasteiger partial charge in [-0.25, -0.2) is 0 Å². The van der Waals surface area contributed by atoms with Crippen LogP contribution in [0.3, 0.4) is 0 Å². The second-order valence-corrected chi connectivity index (χ2v) is 7.88. The predicted molar refractivity (Wildman–Crippen MR) is 82.3 cm³/mol. The van der Waals surface area contributed by atoms with E-state index in [1.165, 1.54) is 43.0 Å². The lowest BCUT2D eigenvalue weighted by molar-refractivity contribution is 0.241. The molecule has 2 unspecified atom stereocenters. The summed E-state index contributed by atoms with van der Waals surface area (Å²) in [6.45, 7) is 9.27. The average Bonchev–Trinajstić information content (AvgIpc) is 2.28. The summed E-state index contributed by atoms with van der Waals surface area (Å²) in [6.07, 6.45) is 6.64. The van der Waals surface area contributed by atoms with Gasteiger partial charge in [0.05, 0.1) is 6.04 Å². The van der Waals surface area contributed by atoms with Crippen LogP contribution in [-0.4, -0.2) is 22.5 Å². The second kappa shape index (κ2) is 5.85. The van der Waals surface area contributed by atoms with E-state index in [0.29, 0.717) is 6.04 Å². The highest BCUT2D eigenvalue weighted by Crippen LogP contribution is 2.33. The molecule has 0 aromatic rings. The summed E-state index contributed by atoms with van der Waals surface area (Å²) in [5.74, 6) is 2.76. The molecule has 0 amide bonds. The van der Waals surface area contributed by atoms with Crippen LogP contribution in [0.5, 0.6) is 0 Å². The predicted octanol–water partition coefficient (Wildman–Crippen LogP) is 4.06. The van der Waals surface area contributed by atoms with Crippen molar-refractivity contribution in [3.05, 3.63) is 0 Å². The molecule has 1 saturated heterocycles. The van der Waals surface area contributed by atoms with Gasteiger partial charge in [0.25, 0.3) is 0 Å². The number of amidine groups is 1. The van der Waals surface area contributed by atoms with E-state index in [1.807, 2.05) is 11.8 Å². The van der Waals surface area contributed by atoms with Crippen LogP contribution in [0.15, 0.2) is 4.99 Å². The van der Waals surface area contributed by atoms with Gasteiger partial charge < -0.3 is 5.32 Å². The molecule has 2 atom stereocenters. The molecule has 2 rings (SSSR count). The van der Waals surface area contributed by atoms with Crippen molar-refractivity contribution < 1.29 is 0 Å². The molecule has 1 aliphatic heterocycles. The highest BCUT2D eigenvalue weighted by Gasteiger charge is 2.30. The molecule has 2 fully saturated rings. The molecule has 18 heavy (non-hydrogen) atoms. The van der Waals surface area contributed by atoms with Gasteiger partial charge in [-0.15, -0.1) is 0 Å². The first-order chi connectivity index (χ1) is 8.48. The van der Waals surface area contributed by atoms with Gasteiger partial charge in [0.2, 0.25) is 0 Å². The summed E-state index contributed by atoms with van der Waals surface area (Å²) < 4.78 is 0. The van der Waals surface area contributed by atoms with E-state index in [0.717, 1.165) is 11.8 Å². The van der Waals surface area contributed by atoms with Crippen molar-refractivity contribution in [1.29, 1.82) is 0 Å². The molecule has 1 saturated carbocycles. The van der Waals surface area contributed by atoms with E-state index in [2.05, 4.69) is 33.0 Å². The molecule has 2 aliphatic rings. The van der Waals surface area contributed by atoms with Crippen molar-refractivity contribution in [2.24, 2.45) is 16.8 Å². The summed E-state index contributed by atoms with van der Waals surface area (Å²) in [5.41, 5.74) is 0.228. The van der Waals surface area contributed by atoms with Crippen LogP contribution in [0, 0.1) is 11.8 Å². The zero-order valence-corrected chi connectivity index (χ0v) is 13.1. The maximum atomic E-state index is 5.06. The smallest absolute Gasteiger partial charge is 0.157 e. The summed E-state index contributed by atoms with van der Waals surface area (Å²) in [4.78, 5) is 5.06. The molecule has 1 N–H and O–H groups in total. The monoisotopic (exact) mass is 268 g/mol. The molecule has 2 nitrogen and oxygen atoms in total. The summed E-state index contributed by atoms with van der Waals surface area (Å²) in [5, 5.41) is 4.81. The highest BCUT2D eigenvalue weighted by molar-refractivity contribution is 8.13. The first-order valence-electron chi connectivity index (χ1n) is 7.47. The van der Waals surface area contributed by atoms with Crippen molar-refractivity contribution in [3.8, 4) is 0 Å². The third-order valence-corrected chi connectivity index (χ3v) is 5.22. The summed E-state index contributed by atoms with van der Waals surface area (Å²) in [6, 6.07) is 0.558. The highest BCUT2D eigenvalue weighted by atomic mass is 32.2. The Morgan fingerprint density at radius 3 is 2.67 bits per heavy atom. The van der Waals surface area contributed by atoms with Crippen LogP contribution in [-0.2, 0) is 0 Å². The topological polar surface area (TPSA) is 24.4 Å². The van der Waals surface area contributed by atoms with E-state index < -0.39 is 0 Å². The Kier molecular flexibility index (Phi) is 4.63. The quantitative estimate of drug-likeness (QED) is 0.816. The molecule has 0 bridgehead atoms.